The molecule has 4 rings (SSSR count). The van der Waals surface area contributed by atoms with Gasteiger partial charge in [-0.15, -0.1) is 0 Å². The highest BCUT2D eigenvalue weighted by atomic mass is 15.3. The van der Waals surface area contributed by atoms with Crippen LogP contribution in [0.3, 0.4) is 0 Å². The summed E-state index contributed by atoms with van der Waals surface area (Å²) in [4.78, 5) is 4.66. The van der Waals surface area contributed by atoms with Gasteiger partial charge in [0.1, 0.15) is 0 Å². The molecular weight excluding hydrogens is 248 g/mol. The topological polar surface area (TPSA) is 42.2 Å². The molecule has 0 radical (unpaired) electrons. The monoisotopic (exact) mass is 264 g/mol. The number of imidazole rings is 1. The van der Waals surface area contributed by atoms with E-state index in [9.17, 15) is 0 Å². The summed E-state index contributed by atoms with van der Waals surface area (Å²) >= 11 is 0. The number of benzene rings is 1. The summed E-state index contributed by atoms with van der Waals surface area (Å²) in [6, 6.07) is 12.6. The zero-order chi connectivity index (χ0) is 13.5. The van der Waals surface area contributed by atoms with Gasteiger partial charge >= 0.3 is 0 Å². The molecule has 1 aromatic carbocycles. The fourth-order valence-electron chi connectivity index (χ4n) is 2.69. The quantitative estimate of drug-likeness (QED) is 0.733. The molecule has 0 atom stereocenters. The molecule has 0 spiro atoms. The van der Waals surface area contributed by atoms with Crippen LogP contribution < -0.4 is 5.32 Å². The molecule has 0 amide bonds. The van der Waals surface area contributed by atoms with Gasteiger partial charge in [0, 0.05) is 25.1 Å². The first-order valence-electron chi connectivity index (χ1n) is 6.96. The maximum absolute atomic E-state index is 4.76. The molecule has 1 aliphatic heterocycles. The minimum Gasteiger partial charge on any atom is -0.311 e. The van der Waals surface area contributed by atoms with Crippen LogP contribution in [0.25, 0.3) is 16.9 Å². The van der Waals surface area contributed by atoms with E-state index in [-0.39, 0.29) is 0 Å². The SMILES string of the molecule is Cc1ccc(-c2ccc3nc4c(n3n2)CNCC4)cc1. The summed E-state index contributed by atoms with van der Waals surface area (Å²) in [5.74, 6) is 0. The van der Waals surface area contributed by atoms with Gasteiger partial charge in [-0.25, -0.2) is 9.50 Å². The molecule has 3 heterocycles. The molecule has 1 aliphatic rings. The van der Waals surface area contributed by atoms with E-state index in [0.717, 1.165) is 36.4 Å². The molecule has 0 bridgehead atoms. The Morgan fingerprint density at radius 2 is 1.95 bits per heavy atom. The van der Waals surface area contributed by atoms with Gasteiger partial charge in [0.05, 0.1) is 17.1 Å². The number of aryl methyl sites for hydroxylation is 1. The van der Waals surface area contributed by atoms with E-state index in [1.165, 1.54) is 17.0 Å². The highest BCUT2D eigenvalue weighted by molar-refractivity contribution is 5.61. The summed E-state index contributed by atoms with van der Waals surface area (Å²) < 4.78 is 1.98. The van der Waals surface area contributed by atoms with Gasteiger partial charge in [0.2, 0.25) is 0 Å². The Balaban J connectivity index is 1.87. The van der Waals surface area contributed by atoms with Gasteiger partial charge in [-0.2, -0.15) is 5.10 Å². The van der Waals surface area contributed by atoms with Crippen LogP contribution in [0, 0.1) is 6.92 Å². The predicted molar refractivity (Wildman–Crippen MR) is 78.6 cm³/mol. The second kappa shape index (κ2) is 4.42. The Kier molecular flexibility index (Phi) is 2.57. The second-order valence-corrected chi connectivity index (χ2v) is 5.29. The van der Waals surface area contributed by atoms with E-state index in [4.69, 9.17) is 5.10 Å². The highest BCUT2D eigenvalue weighted by Crippen LogP contribution is 2.20. The number of rotatable bonds is 1. The normalized spacial score (nSPS) is 14.4. The zero-order valence-corrected chi connectivity index (χ0v) is 11.4. The Labute approximate surface area is 117 Å². The van der Waals surface area contributed by atoms with E-state index in [1.54, 1.807) is 0 Å². The van der Waals surface area contributed by atoms with Crippen LogP contribution in [0.5, 0.6) is 0 Å². The Morgan fingerprint density at radius 1 is 1.10 bits per heavy atom. The lowest BCUT2D eigenvalue weighted by atomic mass is 10.1. The second-order valence-electron chi connectivity index (χ2n) is 5.29. The van der Waals surface area contributed by atoms with Crippen molar-refractivity contribution in [3.8, 4) is 11.3 Å². The van der Waals surface area contributed by atoms with Crippen molar-refractivity contribution in [3.05, 3.63) is 53.3 Å². The maximum atomic E-state index is 4.76. The van der Waals surface area contributed by atoms with Crippen molar-refractivity contribution in [1.29, 1.82) is 0 Å². The van der Waals surface area contributed by atoms with Crippen molar-refractivity contribution in [2.24, 2.45) is 0 Å². The lowest BCUT2D eigenvalue weighted by molar-refractivity contribution is 0.611. The van der Waals surface area contributed by atoms with Crippen molar-refractivity contribution < 1.29 is 0 Å². The standard InChI is InChI=1S/C16H16N4/c1-11-2-4-12(5-3-11)13-6-7-16-18-14-8-9-17-10-15(14)20(16)19-13/h2-7,17H,8-10H2,1H3. The molecule has 0 unspecified atom stereocenters. The van der Waals surface area contributed by atoms with Crippen LogP contribution in [0.4, 0.5) is 0 Å². The number of nitrogens with one attached hydrogen (secondary N) is 1. The predicted octanol–water partition coefficient (Wildman–Crippen LogP) is 2.35. The average molecular weight is 264 g/mol. The first-order chi connectivity index (χ1) is 9.81. The molecule has 0 aliphatic carbocycles. The first-order valence-corrected chi connectivity index (χ1v) is 6.96. The highest BCUT2D eigenvalue weighted by Gasteiger charge is 2.16. The molecule has 20 heavy (non-hydrogen) atoms. The van der Waals surface area contributed by atoms with E-state index in [0.29, 0.717) is 0 Å². The van der Waals surface area contributed by atoms with Gasteiger partial charge in [-0.1, -0.05) is 29.8 Å². The van der Waals surface area contributed by atoms with E-state index in [2.05, 4.69) is 47.6 Å². The van der Waals surface area contributed by atoms with Crippen LogP contribution in [-0.4, -0.2) is 21.1 Å². The zero-order valence-electron chi connectivity index (χ0n) is 11.4. The van der Waals surface area contributed by atoms with Crippen molar-refractivity contribution in [3.63, 3.8) is 0 Å². The largest absolute Gasteiger partial charge is 0.311 e. The molecule has 4 heteroatoms. The molecule has 0 fully saturated rings. The van der Waals surface area contributed by atoms with Gasteiger partial charge in [-0.3, -0.25) is 0 Å². The molecule has 3 aromatic rings. The fraction of sp³-hybridized carbons (Fsp3) is 0.250. The molecule has 2 aromatic heterocycles. The minimum absolute atomic E-state index is 0.848. The number of hydrogen-bond donors (Lipinski definition) is 1. The molecular formula is C16H16N4. The molecule has 100 valence electrons. The summed E-state index contributed by atoms with van der Waals surface area (Å²) in [6.45, 7) is 3.95. The van der Waals surface area contributed by atoms with E-state index in [1.807, 2.05) is 10.6 Å². The first kappa shape index (κ1) is 11.6. The third kappa shape index (κ3) is 1.80. The number of aromatic nitrogens is 3. The van der Waals surface area contributed by atoms with E-state index >= 15 is 0 Å². The average Bonchev–Trinajstić information content (AvgIpc) is 2.86. The Hall–Kier alpha value is -2.20. The van der Waals surface area contributed by atoms with Crippen LogP contribution in [0.2, 0.25) is 0 Å². The third-order valence-electron chi connectivity index (χ3n) is 3.83. The Morgan fingerprint density at radius 3 is 2.80 bits per heavy atom. The maximum Gasteiger partial charge on any atom is 0.154 e. The van der Waals surface area contributed by atoms with Crippen molar-refractivity contribution in [2.75, 3.05) is 6.54 Å². The lowest BCUT2D eigenvalue weighted by Gasteiger charge is -2.11. The molecule has 0 saturated carbocycles. The van der Waals surface area contributed by atoms with Crippen LogP contribution in [0.1, 0.15) is 17.0 Å². The van der Waals surface area contributed by atoms with E-state index < -0.39 is 0 Å². The smallest absolute Gasteiger partial charge is 0.154 e. The molecule has 1 N–H and O–H groups in total. The number of hydrogen-bond acceptors (Lipinski definition) is 3. The van der Waals surface area contributed by atoms with Crippen LogP contribution in [0.15, 0.2) is 36.4 Å². The van der Waals surface area contributed by atoms with Gasteiger partial charge < -0.3 is 5.32 Å². The minimum atomic E-state index is 0.848. The molecule has 0 saturated heterocycles. The Bertz CT molecular complexity index is 771. The van der Waals surface area contributed by atoms with Crippen LogP contribution >= 0.6 is 0 Å². The van der Waals surface area contributed by atoms with Gasteiger partial charge in [0.15, 0.2) is 5.65 Å². The van der Waals surface area contributed by atoms with Crippen molar-refractivity contribution >= 4 is 5.65 Å². The van der Waals surface area contributed by atoms with Crippen LogP contribution in [-0.2, 0) is 13.0 Å². The summed E-state index contributed by atoms with van der Waals surface area (Å²) in [7, 11) is 0. The van der Waals surface area contributed by atoms with Gasteiger partial charge in [-0.05, 0) is 19.1 Å². The third-order valence-corrected chi connectivity index (χ3v) is 3.83. The van der Waals surface area contributed by atoms with Crippen molar-refractivity contribution in [2.45, 2.75) is 19.9 Å². The number of nitrogens with zero attached hydrogens (tertiary/aromatic N) is 3. The summed E-state index contributed by atoms with van der Waals surface area (Å²) in [6.07, 6.45) is 0.985. The van der Waals surface area contributed by atoms with Gasteiger partial charge in [0.25, 0.3) is 0 Å². The lowest BCUT2D eigenvalue weighted by Crippen LogP contribution is -2.24. The fourth-order valence-corrected chi connectivity index (χ4v) is 2.69. The summed E-state index contributed by atoms with van der Waals surface area (Å²) in [5.41, 5.74) is 6.71. The van der Waals surface area contributed by atoms with Crippen molar-refractivity contribution in [1.82, 2.24) is 19.9 Å². The molecule has 4 nitrogen and oxygen atoms in total. The summed E-state index contributed by atoms with van der Waals surface area (Å²) in [5, 5.41) is 8.15. The number of fused-ring (bicyclic) bond motifs is 3.